The molecule has 11 heavy (non-hydrogen) atoms. The van der Waals surface area contributed by atoms with Gasteiger partial charge in [-0.15, -0.1) is 0 Å². The Hall–Kier alpha value is -0.570. The smallest absolute Gasteiger partial charge is 0.307 e. The molecule has 0 aromatic carbocycles. The summed E-state index contributed by atoms with van der Waals surface area (Å²) in [5.41, 5.74) is 5.49. The van der Waals surface area contributed by atoms with Crippen LogP contribution in [0.15, 0.2) is 0 Å². The number of unbranched alkanes of at least 4 members (excludes halogenated alkanes) is 1. The molecule has 0 spiro atoms. The number of hydrogen-bond acceptors (Lipinski definition) is 3. The summed E-state index contributed by atoms with van der Waals surface area (Å²) in [5, 5.41) is 0. The van der Waals surface area contributed by atoms with Crippen LogP contribution in [0.3, 0.4) is 0 Å². The van der Waals surface area contributed by atoms with E-state index >= 15 is 0 Å². The molecular weight excluding hydrogens is 142 g/mol. The predicted molar refractivity (Wildman–Crippen MR) is 43.9 cm³/mol. The molecule has 2 N–H and O–H groups in total. The average molecular weight is 159 g/mol. The molecule has 0 aromatic heterocycles. The number of carbonyl (C=O) groups is 1. The third-order valence-electron chi connectivity index (χ3n) is 1.41. The zero-order chi connectivity index (χ0) is 8.69. The van der Waals surface area contributed by atoms with Gasteiger partial charge in [-0.25, -0.2) is 0 Å². The van der Waals surface area contributed by atoms with Crippen molar-refractivity contribution >= 4 is 5.97 Å². The molecular formula is C8H17NO2. The Morgan fingerprint density at radius 1 is 1.55 bits per heavy atom. The Kier molecular flexibility index (Phi) is 5.84. The van der Waals surface area contributed by atoms with Gasteiger partial charge < -0.3 is 4.74 Å². The predicted octanol–water partition coefficient (Wildman–Crippen LogP) is 1.41. The Morgan fingerprint density at radius 3 is 2.64 bits per heavy atom. The van der Waals surface area contributed by atoms with Gasteiger partial charge in [-0.3, -0.25) is 10.5 Å². The molecule has 1 unspecified atom stereocenters. The Balaban J connectivity index is 3.35. The highest BCUT2D eigenvalue weighted by Gasteiger charge is 2.05. The summed E-state index contributed by atoms with van der Waals surface area (Å²) < 4.78 is 4.84. The van der Waals surface area contributed by atoms with Gasteiger partial charge in [-0.1, -0.05) is 20.3 Å². The monoisotopic (exact) mass is 159 g/mol. The van der Waals surface area contributed by atoms with Crippen LogP contribution < -0.4 is 5.73 Å². The summed E-state index contributed by atoms with van der Waals surface area (Å²) in [6.45, 7) is 3.84. The largest absolute Gasteiger partial charge is 0.447 e. The van der Waals surface area contributed by atoms with E-state index in [0.717, 1.165) is 19.3 Å². The van der Waals surface area contributed by atoms with Crippen molar-refractivity contribution in [3.05, 3.63) is 0 Å². The maximum Gasteiger partial charge on any atom is 0.307 e. The molecule has 0 heterocycles. The third-order valence-corrected chi connectivity index (χ3v) is 1.41. The normalized spacial score (nSPS) is 12.6. The highest BCUT2D eigenvalue weighted by Crippen LogP contribution is 2.00. The molecule has 0 saturated heterocycles. The van der Waals surface area contributed by atoms with E-state index < -0.39 is 6.23 Å². The highest BCUT2D eigenvalue weighted by molar-refractivity contribution is 5.68. The lowest BCUT2D eigenvalue weighted by Crippen LogP contribution is -2.26. The van der Waals surface area contributed by atoms with E-state index in [0.29, 0.717) is 6.42 Å². The molecule has 0 aliphatic rings. The highest BCUT2D eigenvalue weighted by atomic mass is 16.6. The van der Waals surface area contributed by atoms with E-state index in [1.165, 1.54) is 0 Å². The minimum atomic E-state index is -0.401. The van der Waals surface area contributed by atoms with Gasteiger partial charge in [0.05, 0.1) is 0 Å². The molecule has 0 bridgehead atoms. The molecule has 3 nitrogen and oxygen atoms in total. The summed E-state index contributed by atoms with van der Waals surface area (Å²) in [6.07, 6.45) is 2.86. The van der Waals surface area contributed by atoms with Gasteiger partial charge in [0.1, 0.15) is 0 Å². The molecule has 0 aliphatic heterocycles. The van der Waals surface area contributed by atoms with Gasteiger partial charge >= 0.3 is 5.97 Å². The molecule has 0 amide bonds. The SMILES string of the molecule is CCCCC(N)OC(=O)CC. The number of nitrogens with two attached hydrogens (primary N) is 1. The van der Waals surface area contributed by atoms with Crippen molar-refractivity contribution in [3.63, 3.8) is 0 Å². The molecule has 66 valence electrons. The van der Waals surface area contributed by atoms with Crippen LogP contribution >= 0.6 is 0 Å². The van der Waals surface area contributed by atoms with Crippen molar-refractivity contribution < 1.29 is 9.53 Å². The lowest BCUT2D eigenvalue weighted by molar-refractivity contribution is -0.148. The first kappa shape index (κ1) is 10.4. The van der Waals surface area contributed by atoms with E-state index in [1.54, 1.807) is 6.92 Å². The number of carbonyl (C=O) groups excluding carboxylic acids is 1. The zero-order valence-electron chi connectivity index (χ0n) is 7.30. The van der Waals surface area contributed by atoms with Crippen molar-refractivity contribution in [2.75, 3.05) is 0 Å². The lowest BCUT2D eigenvalue weighted by atomic mass is 10.2. The van der Waals surface area contributed by atoms with E-state index in [4.69, 9.17) is 10.5 Å². The minimum absolute atomic E-state index is 0.214. The summed E-state index contributed by atoms with van der Waals surface area (Å²) in [6, 6.07) is 0. The number of hydrogen-bond donors (Lipinski definition) is 1. The van der Waals surface area contributed by atoms with Crippen LogP contribution in [0.2, 0.25) is 0 Å². The van der Waals surface area contributed by atoms with Crippen molar-refractivity contribution in [2.45, 2.75) is 45.8 Å². The lowest BCUT2D eigenvalue weighted by Gasteiger charge is -2.11. The molecule has 0 rings (SSSR count). The number of ether oxygens (including phenoxy) is 1. The van der Waals surface area contributed by atoms with Gasteiger partial charge in [-0.2, -0.15) is 0 Å². The summed E-state index contributed by atoms with van der Waals surface area (Å²) in [4.78, 5) is 10.7. The standard InChI is InChI=1S/C8H17NO2/c1-3-5-6-7(9)11-8(10)4-2/h7H,3-6,9H2,1-2H3. The van der Waals surface area contributed by atoms with E-state index in [9.17, 15) is 4.79 Å². The van der Waals surface area contributed by atoms with Crippen molar-refractivity contribution in [3.8, 4) is 0 Å². The van der Waals surface area contributed by atoms with Crippen molar-refractivity contribution in [1.82, 2.24) is 0 Å². The van der Waals surface area contributed by atoms with E-state index in [-0.39, 0.29) is 5.97 Å². The molecule has 1 atom stereocenters. The van der Waals surface area contributed by atoms with Crippen molar-refractivity contribution in [2.24, 2.45) is 5.73 Å². The topological polar surface area (TPSA) is 52.3 Å². The number of esters is 1. The first-order chi connectivity index (χ1) is 5.20. The van der Waals surface area contributed by atoms with Gasteiger partial charge in [0.15, 0.2) is 6.23 Å². The fourth-order valence-electron chi connectivity index (χ4n) is 0.716. The van der Waals surface area contributed by atoms with Crippen LogP contribution in [-0.4, -0.2) is 12.2 Å². The quantitative estimate of drug-likeness (QED) is 0.487. The third kappa shape index (κ3) is 5.85. The molecule has 0 fully saturated rings. The molecule has 0 aliphatic carbocycles. The second kappa shape index (κ2) is 6.16. The van der Waals surface area contributed by atoms with Crippen molar-refractivity contribution in [1.29, 1.82) is 0 Å². The van der Waals surface area contributed by atoms with Gasteiger partial charge in [-0.05, 0) is 12.8 Å². The van der Waals surface area contributed by atoms with Crippen LogP contribution in [0.4, 0.5) is 0 Å². The summed E-state index contributed by atoms with van der Waals surface area (Å²) in [7, 11) is 0. The molecule has 0 aromatic rings. The first-order valence-electron chi connectivity index (χ1n) is 4.15. The maximum atomic E-state index is 10.7. The fourth-order valence-corrected chi connectivity index (χ4v) is 0.716. The van der Waals surface area contributed by atoms with Crippen LogP contribution in [0.1, 0.15) is 39.5 Å². The summed E-state index contributed by atoms with van der Waals surface area (Å²) in [5.74, 6) is -0.214. The van der Waals surface area contributed by atoms with Gasteiger partial charge in [0, 0.05) is 6.42 Å². The second-order valence-corrected chi connectivity index (χ2v) is 2.52. The second-order valence-electron chi connectivity index (χ2n) is 2.52. The summed E-state index contributed by atoms with van der Waals surface area (Å²) >= 11 is 0. The Labute approximate surface area is 67.9 Å². The average Bonchev–Trinajstić information content (AvgIpc) is 2.00. The van der Waals surface area contributed by atoms with Crippen LogP contribution in [0, 0.1) is 0 Å². The minimum Gasteiger partial charge on any atom is -0.447 e. The zero-order valence-corrected chi connectivity index (χ0v) is 7.30. The van der Waals surface area contributed by atoms with Gasteiger partial charge in [0.2, 0.25) is 0 Å². The van der Waals surface area contributed by atoms with Crippen LogP contribution in [0.5, 0.6) is 0 Å². The molecule has 0 radical (unpaired) electrons. The van der Waals surface area contributed by atoms with Crippen LogP contribution in [0.25, 0.3) is 0 Å². The molecule has 3 heteroatoms. The Bertz CT molecular complexity index is 115. The molecule has 0 saturated carbocycles. The Morgan fingerprint density at radius 2 is 2.18 bits per heavy atom. The maximum absolute atomic E-state index is 10.7. The van der Waals surface area contributed by atoms with E-state index in [2.05, 4.69) is 6.92 Å². The number of rotatable bonds is 5. The van der Waals surface area contributed by atoms with E-state index in [1.807, 2.05) is 0 Å². The van der Waals surface area contributed by atoms with Crippen LogP contribution in [-0.2, 0) is 9.53 Å². The van der Waals surface area contributed by atoms with Gasteiger partial charge in [0.25, 0.3) is 0 Å². The first-order valence-corrected chi connectivity index (χ1v) is 4.15. The fraction of sp³-hybridized carbons (Fsp3) is 0.875.